The molecule has 0 saturated carbocycles. The third-order valence-corrected chi connectivity index (χ3v) is 3.73. The minimum Gasteiger partial charge on any atom is -0.497 e. The van der Waals surface area contributed by atoms with Crippen LogP contribution in [0.3, 0.4) is 0 Å². The van der Waals surface area contributed by atoms with E-state index in [2.05, 4.69) is 20.6 Å². The van der Waals surface area contributed by atoms with Crippen LogP contribution in [0.25, 0.3) is 0 Å². The molecule has 5 nitrogen and oxygen atoms in total. The summed E-state index contributed by atoms with van der Waals surface area (Å²) in [7, 11) is 1.60. The van der Waals surface area contributed by atoms with Crippen molar-refractivity contribution in [3.63, 3.8) is 0 Å². The minimum atomic E-state index is -4.39. The van der Waals surface area contributed by atoms with Gasteiger partial charge in [0.2, 0.25) is 5.95 Å². The van der Waals surface area contributed by atoms with E-state index >= 15 is 0 Å². The quantitative estimate of drug-likeness (QED) is 0.645. The summed E-state index contributed by atoms with van der Waals surface area (Å²) >= 11 is 0. The van der Waals surface area contributed by atoms with Crippen LogP contribution in [0.5, 0.6) is 5.75 Å². The van der Waals surface area contributed by atoms with Crippen LogP contribution in [0.1, 0.15) is 11.1 Å². The van der Waals surface area contributed by atoms with Gasteiger partial charge in [0.1, 0.15) is 11.6 Å². The third kappa shape index (κ3) is 5.10. The molecule has 2 N–H and O–H groups in total. The van der Waals surface area contributed by atoms with Crippen LogP contribution >= 0.6 is 0 Å². The highest BCUT2D eigenvalue weighted by atomic mass is 19.4. The van der Waals surface area contributed by atoms with Crippen molar-refractivity contribution in [1.82, 2.24) is 9.97 Å². The fourth-order valence-electron chi connectivity index (χ4n) is 2.36. The maximum Gasteiger partial charge on any atom is 0.416 e. The fraction of sp³-hybridized carbons (Fsp3) is 0.158. The molecule has 140 valence electrons. The second-order valence-corrected chi connectivity index (χ2v) is 5.67. The van der Waals surface area contributed by atoms with Gasteiger partial charge in [-0.3, -0.25) is 0 Å². The second-order valence-electron chi connectivity index (χ2n) is 5.67. The van der Waals surface area contributed by atoms with Gasteiger partial charge in [-0.15, -0.1) is 0 Å². The smallest absolute Gasteiger partial charge is 0.416 e. The zero-order valence-corrected chi connectivity index (χ0v) is 14.4. The van der Waals surface area contributed by atoms with Gasteiger partial charge in [0, 0.05) is 18.4 Å². The molecule has 0 unspecified atom stereocenters. The Morgan fingerprint density at radius 2 is 1.81 bits per heavy atom. The van der Waals surface area contributed by atoms with Crippen LogP contribution in [0, 0.1) is 0 Å². The Labute approximate surface area is 154 Å². The highest BCUT2D eigenvalue weighted by Crippen LogP contribution is 2.31. The number of anilines is 3. The lowest BCUT2D eigenvalue weighted by atomic mass is 10.2. The monoisotopic (exact) mass is 374 g/mol. The Morgan fingerprint density at radius 1 is 1.04 bits per heavy atom. The molecule has 1 heterocycles. The minimum absolute atomic E-state index is 0.296. The Morgan fingerprint density at radius 3 is 2.52 bits per heavy atom. The van der Waals surface area contributed by atoms with Gasteiger partial charge in [0.15, 0.2) is 0 Å². The lowest BCUT2D eigenvalue weighted by Gasteiger charge is -2.11. The standard InChI is InChI=1S/C19H17F3N4O/c1-27-16-7-5-13(6-8-16)12-24-18-23-10-9-17(26-18)25-15-4-2-3-14(11-15)19(20,21)22/h2-11H,12H2,1H3,(H2,23,24,25,26). The number of benzene rings is 2. The predicted molar refractivity (Wildman–Crippen MR) is 97.1 cm³/mol. The van der Waals surface area contributed by atoms with Crippen molar-refractivity contribution < 1.29 is 17.9 Å². The van der Waals surface area contributed by atoms with Gasteiger partial charge in [-0.2, -0.15) is 18.2 Å². The molecule has 0 aliphatic rings. The summed E-state index contributed by atoms with van der Waals surface area (Å²) in [4.78, 5) is 8.39. The van der Waals surface area contributed by atoms with Gasteiger partial charge in [-0.1, -0.05) is 18.2 Å². The van der Waals surface area contributed by atoms with E-state index in [0.717, 1.165) is 23.4 Å². The number of rotatable bonds is 6. The summed E-state index contributed by atoms with van der Waals surface area (Å²) in [5.74, 6) is 1.52. The van der Waals surface area contributed by atoms with Gasteiger partial charge in [0.05, 0.1) is 12.7 Å². The Hall–Kier alpha value is -3.29. The van der Waals surface area contributed by atoms with Gasteiger partial charge in [-0.05, 0) is 42.0 Å². The second kappa shape index (κ2) is 7.94. The molecule has 0 aliphatic carbocycles. The van der Waals surface area contributed by atoms with Crippen molar-refractivity contribution in [2.45, 2.75) is 12.7 Å². The molecule has 2 aromatic carbocycles. The van der Waals surface area contributed by atoms with Crippen LogP contribution in [-0.4, -0.2) is 17.1 Å². The lowest BCUT2D eigenvalue weighted by molar-refractivity contribution is -0.137. The lowest BCUT2D eigenvalue weighted by Crippen LogP contribution is -2.06. The Balaban J connectivity index is 1.66. The first-order valence-electron chi connectivity index (χ1n) is 8.08. The van der Waals surface area contributed by atoms with Crippen LogP contribution in [0.4, 0.5) is 30.6 Å². The van der Waals surface area contributed by atoms with E-state index < -0.39 is 11.7 Å². The zero-order chi connectivity index (χ0) is 19.3. The van der Waals surface area contributed by atoms with Gasteiger partial charge in [0.25, 0.3) is 0 Å². The van der Waals surface area contributed by atoms with Crippen LogP contribution < -0.4 is 15.4 Å². The number of methoxy groups -OCH3 is 1. The third-order valence-electron chi connectivity index (χ3n) is 3.73. The first-order chi connectivity index (χ1) is 12.9. The number of hydrogen-bond acceptors (Lipinski definition) is 5. The molecule has 0 bridgehead atoms. The molecule has 8 heteroatoms. The van der Waals surface area contributed by atoms with Crippen molar-refractivity contribution in [3.8, 4) is 5.75 Å². The molecule has 3 rings (SSSR count). The Kier molecular flexibility index (Phi) is 5.44. The molecular weight excluding hydrogens is 357 g/mol. The number of nitrogens with one attached hydrogen (secondary N) is 2. The van der Waals surface area contributed by atoms with Crippen molar-refractivity contribution in [3.05, 3.63) is 71.9 Å². The Bertz CT molecular complexity index is 898. The molecule has 0 fully saturated rings. The first-order valence-corrected chi connectivity index (χ1v) is 8.08. The summed E-state index contributed by atoms with van der Waals surface area (Å²) in [6.45, 7) is 0.497. The average Bonchev–Trinajstić information content (AvgIpc) is 2.67. The van der Waals surface area contributed by atoms with E-state index in [9.17, 15) is 13.2 Å². The summed E-state index contributed by atoms with van der Waals surface area (Å²) in [5, 5.41) is 5.94. The molecule has 1 aromatic heterocycles. The topological polar surface area (TPSA) is 59.1 Å². The molecule has 0 atom stereocenters. The van der Waals surface area contributed by atoms with E-state index in [-0.39, 0.29) is 0 Å². The number of ether oxygens (including phenoxy) is 1. The highest BCUT2D eigenvalue weighted by Gasteiger charge is 2.30. The van der Waals surface area contributed by atoms with Crippen LogP contribution in [-0.2, 0) is 12.7 Å². The fourth-order valence-corrected chi connectivity index (χ4v) is 2.36. The van der Waals surface area contributed by atoms with E-state index in [1.165, 1.54) is 12.3 Å². The summed E-state index contributed by atoms with van der Waals surface area (Å²) in [6.07, 6.45) is -2.87. The molecule has 0 radical (unpaired) electrons. The highest BCUT2D eigenvalue weighted by molar-refractivity contribution is 5.58. The number of alkyl halides is 3. The number of nitrogens with zero attached hydrogens (tertiary/aromatic N) is 2. The summed E-state index contributed by atoms with van der Waals surface area (Å²) < 4.78 is 43.5. The molecule has 3 aromatic rings. The largest absolute Gasteiger partial charge is 0.497 e. The van der Waals surface area contributed by atoms with Crippen molar-refractivity contribution in [2.75, 3.05) is 17.7 Å². The van der Waals surface area contributed by atoms with Gasteiger partial charge >= 0.3 is 6.18 Å². The first kappa shape index (κ1) is 18.5. The van der Waals surface area contributed by atoms with E-state index in [1.54, 1.807) is 19.2 Å². The number of halogens is 3. The summed E-state index contributed by atoms with van der Waals surface area (Å²) in [5.41, 5.74) is 0.583. The summed E-state index contributed by atoms with van der Waals surface area (Å²) in [6, 6.07) is 14.1. The SMILES string of the molecule is COc1ccc(CNc2nccc(Nc3cccc(C(F)(F)F)c3)n2)cc1. The van der Waals surface area contributed by atoms with Crippen LogP contribution in [0.15, 0.2) is 60.8 Å². The van der Waals surface area contributed by atoms with Crippen molar-refractivity contribution in [1.29, 1.82) is 0 Å². The van der Waals surface area contributed by atoms with Gasteiger partial charge in [-0.25, -0.2) is 4.98 Å². The molecule has 0 amide bonds. The van der Waals surface area contributed by atoms with Crippen molar-refractivity contribution in [2.24, 2.45) is 0 Å². The number of hydrogen-bond donors (Lipinski definition) is 2. The zero-order valence-electron chi connectivity index (χ0n) is 14.4. The molecular formula is C19H17F3N4O. The van der Waals surface area contributed by atoms with Crippen LogP contribution in [0.2, 0.25) is 0 Å². The molecule has 27 heavy (non-hydrogen) atoms. The van der Waals surface area contributed by atoms with E-state index in [1.807, 2.05) is 24.3 Å². The normalized spacial score (nSPS) is 11.1. The van der Waals surface area contributed by atoms with E-state index in [0.29, 0.717) is 24.0 Å². The molecule has 0 spiro atoms. The maximum absolute atomic E-state index is 12.8. The van der Waals surface area contributed by atoms with Gasteiger partial charge < -0.3 is 15.4 Å². The maximum atomic E-state index is 12.8. The predicted octanol–water partition coefficient (Wildman–Crippen LogP) is 4.86. The van der Waals surface area contributed by atoms with E-state index in [4.69, 9.17) is 4.74 Å². The molecule has 0 aliphatic heterocycles. The number of aromatic nitrogens is 2. The molecule has 0 saturated heterocycles. The van der Waals surface area contributed by atoms with Crippen molar-refractivity contribution >= 4 is 17.5 Å². The average molecular weight is 374 g/mol.